The van der Waals surface area contributed by atoms with E-state index in [2.05, 4.69) is 11.8 Å². The third-order valence-corrected chi connectivity index (χ3v) is 3.54. The molecule has 0 aromatic rings. The van der Waals surface area contributed by atoms with Crippen molar-refractivity contribution in [2.24, 2.45) is 0 Å². The molecule has 0 aromatic heterocycles. The van der Waals surface area contributed by atoms with E-state index >= 15 is 0 Å². The summed E-state index contributed by atoms with van der Waals surface area (Å²) in [7, 11) is 0. The molecule has 2 heteroatoms. The first kappa shape index (κ1) is 10.7. The lowest BCUT2D eigenvalue weighted by Gasteiger charge is -2.16. The van der Waals surface area contributed by atoms with Crippen LogP contribution >= 0.6 is 0 Å². The Morgan fingerprint density at radius 2 is 2.00 bits per heavy atom. The van der Waals surface area contributed by atoms with E-state index in [0.717, 1.165) is 25.1 Å². The molecule has 1 amide bonds. The predicted octanol–water partition coefficient (Wildman–Crippen LogP) is 2.89. The molecule has 0 spiro atoms. The molecule has 0 radical (unpaired) electrons. The summed E-state index contributed by atoms with van der Waals surface area (Å²) in [5, 5.41) is 0. The van der Waals surface area contributed by atoms with Crippen molar-refractivity contribution >= 4 is 5.91 Å². The van der Waals surface area contributed by atoms with Gasteiger partial charge in [0, 0.05) is 18.7 Å². The number of carbonyl (C=O) groups excluding carboxylic acids is 1. The van der Waals surface area contributed by atoms with Crippen LogP contribution < -0.4 is 0 Å². The average molecular weight is 207 g/mol. The maximum Gasteiger partial charge on any atom is 0.250 e. The van der Waals surface area contributed by atoms with E-state index in [9.17, 15) is 4.79 Å². The molecule has 15 heavy (non-hydrogen) atoms. The molecule has 0 fully saturated rings. The molecule has 2 aliphatic rings. The van der Waals surface area contributed by atoms with Crippen molar-refractivity contribution in [1.29, 1.82) is 0 Å². The Morgan fingerprint density at radius 1 is 1.20 bits per heavy atom. The average Bonchev–Trinajstić information content (AvgIpc) is 2.57. The lowest BCUT2D eigenvalue weighted by molar-refractivity contribution is -0.125. The van der Waals surface area contributed by atoms with Crippen LogP contribution in [0.15, 0.2) is 11.1 Å². The monoisotopic (exact) mass is 207 g/mol. The molecule has 1 heterocycles. The van der Waals surface area contributed by atoms with Crippen molar-refractivity contribution in [1.82, 2.24) is 4.90 Å². The highest BCUT2D eigenvalue weighted by Crippen LogP contribution is 2.31. The Balaban J connectivity index is 1.89. The fraction of sp³-hybridized carbons (Fsp3) is 0.769. The maximum absolute atomic E-state index is 12.0. The third-order valence-electron chi connectivity index (χ3n) is 3.54. The standard InChI is InChI=1S/C13H21NO/c1-2-3-6-9-14-10-11-7-4-5-8-12(11)13(14)15/h2-10H2,1H3. The van der Waals surface area contributed by atoms with Crippen LogP contribution in [-0.2, 0) is 4.79 Å². The molecule has 2 nitrogen and oxygen atoms in total. The molecule has 1 aliphatic heterocycles. The van der Waals surface area contributed by atoms with Crippen LogP contribution in [0.3, 0.4) is 0 Å². The first-order valence-electron chi connectivity index (χ1n) is 6.33. The van der Waals surface area contributed by atoms with Crippen LogP contribution in [0.4, 0.5) is 0 Å². The fourth-order valence-electron chi connectivity index (χ4n) is 2.63. The highest BCUT2D eigenvalue weighted by molar-refractivity contribution is 5.97. The Bertz CT molecular complexity index is 280. The Morgan fingerprint density at radius 3 is 2.73 bits per heavy atom. The highest BCUT2D eigenvalue weighted by atomic mass is 16.2. The normalized spacial score (nSPS) is 21.1. The van der Waals surface area contributed by atoms with E-state index in [1.54, 1.807) is 0 Å². The summed E-state index contributed by atoms with van der Waals surface area (Å²) < 4.78 is 0. The highest BCUT2D eigenvalue weighted by Gasteiger charge is 2.30. The number of hydrogen-bond acceptors (Lipinski definition) is 1. The van der Waals surface area contributed by atoms with Gasteiger partial charge in [-0.1, -0.05) is 19.8 Å². The molecule has 0 bridgehead atoms. The minimum absolute atomic E-state index is 0.348. The molecule has 1 aliphatic carbocycles. The van der Waals surface area contributed by atoms with Gasteiger partial charge in [0.15, 0.2) is 0 Å². The first-order chi connectivity index (χ1) is 7.33. The summed E-state index contributed by atoms with van der Waals surface area (Å²) in [6.07, 6.45) is 8.36. The zero-order valence-electron chi connectivity index (χ0n) is 9.72. The Hall–Kier alpha value is -0.790. The van der Waals surface area contributed by atoms with Gasteiger partial charge in [-0.15, -0.1) is 0 Å². The molecule has 2 rings (SSSR count). The van der Waals surface area contributed by atoms with Gasteiger partial charge in [-0.05, 0) is 37.7 Å². The van der Waals surface area contributed by atoms with Crippen molar-refractivity contribution in [3.63, 3.8) is 0 Å². The van der Waals surface area contributed by atoms with Gasteiger partial charge in [0.1, 0.15) is 0 Å². The Labute approximate surface area is 92.3 Å². The number of nitrogens with zero attached hydrogens (tertiary/aromatic N) is 1. The molecule has 0 atom stereocenters. The van der Waals surface area contributed by atoms with Crippen molar-refractivity contribution in [3.05, 3.63) is 11.1 Å². The molecular weight excluding hydrogens is 186 g/mol. The van der Waals surface area contributed by atoms with Gasteiger partial charge < -0.3 is 4.90 Å². The second-order valence-electron chi connectivity index (χ2n) is 4.72. The molecule has 0 N–H and O–H groups in total. The summed E-state index contributed by atoms with van der Waals surface area (Å²) in [5.41, 5.74) is 2.61. The minimum atomic E-state index is 0.348. The SMILES string of the molecule is CCCCCN1CC2=C(CCCC2)C1=O. The summed E-state index contributed by atoms with van der Waals surface area (Å²) in [4.78, 5) is 14.1. The van der Waals surface area contributed by atoms with Crippen molar-refractivity contribution in [3.8, 4) is 0 Å². The van der Waals surface area contributed by atoms with Gasteiger partial charge in [0.2, 0.25) is 5.91 Å². The zero-order valence-corrected chi connectivity index (χ0v) is 9.72. The van der Waals surface area contributed by atoms with Crippen LogP contribution in [0.2, 0.25) is 0 Å². The number of hydrogen-bond donors (Lipinski definition) is 0. The van der Waals surface area contributed by atoms with Crippen molar-refractivity contribution < 1.29 is 4.79 Å². The van der Waals surface area contributed by atoms with E-state index < -0.39 is 0 Å². The fourth-order valence-corrected chi connectivity index (χ4v) is 2.63. The van der Waals surface area contributed by atoms with Crippen LogP contribution in [0.1, 0.15) is 51.9 Å². The number of amides is 1. The topological polar surface area (TPSA) is 20.3 Å². The second kappa shape index (κ2) is 4.82. The molecule has 0 saturated carbocycles. The van der Waals surface area contributed by atoms with E-state index in [1.165, 1.54) is 44.1 Å². The number of carbonyl (C=O) groups is 1. The summed E-state index contributed by atoms with van der Waals surface area (Å²) in [5.74, 6) is 0.348. The van der Waals surface area contributed by atoms with Crippen LogP contribution in [-0.4, -0.2) is 23.9 Å². The quantitative estimate of drug-likeness (QED) is 0.649. The van der Waals surface area contributed by atoms with Gasteiger partial charge in [0.05, 0.1) is 0 Å². The van der Waals surface area contributed by atoms with Gasteiger partial charge in [0.25, 0.3) is 0 Å². The summed E-state index contributed by atoms with van der Waals surface area (Å²) in [6, 6.07) is 0. The predicted molar refractivity (Wildman–Crippen MR) is 61.6 cm³/mol. The van der Waals surface area contributed by atoms with E-state index in [-0.39, 0.29) is 0 Å². The van der Waals surface area contributed by atoms with Gasteiger partial charge in [-0.2, -0.15) is 0 Å². The van der Waals surface area contributed by atoms with Gasteiger partial charge >= 0.3 is 0 Å². The van der Waals surface area contributed by atoms with E-state index in [0.29, 0.717) is 5.91 Å². The zero-order chi connectivity index (χ0) is 10.7. The molecule has 0 unspecified atom stereocenters. The minimum Gasteiger partial charge on any atom is -0.335 e. The maximum atomic E-state index is 12.0. The summed E-state index contributed by atoms with van der Waals surface area (Å²) in [6.45, 7) is 4.12. The lowest BCUT2D eigenvalue weighted by Crippen LogP contribution is -2.28. The number of unbranched alkanes of at least 4 members (excludes halogenated alkanes) is 2. The van der Waals surface area contributed by atoms with Crippen LogP contribution in [0, 0.1) is 0 Å². The molecule has 84 valence electrons. The smallest absolute Gasteiger partial charge is 0.250 e. The van der Waals surface area contributed by atoms with Crippen molar-refractivity contribution in [2.75, 3.05) is 13.1 Å². The summed E-state index contributed by atoms with van der Waals surface area (Å²) >= 11 is 0. The largest absolute Gasteiger partial charge is 0.335 e. The van der Waals surface area contributed by atoms with E-state index in [4.69, 9.17) is 0 Å². The third kappa shape index (κ3) is 2.24. The van der Waals surface area contributed by atoms with Crippen LogP contribution in [0.5, 0.6) is 0 Å². The number of rotatable bonds is 4. The first-order valence-corrected chi connectivity index (χ1v) is 6.33. The van der Waals surface area contributed by atoms with Gasteiger partial charge in [-0.25, -0.2) is 0 Å². The van der Waals surface area contributed by atoms with Crippen LogP contribution in [0.25, 0.3) is 0 Å². The molecular formula is C13H21NO. The molecule has 0 aromatic carbocycles. The van der Waals surface area contributed by atoms with Crippen molar-refractivity contribution in [2.45, 2.75) is 51.9 Å². The Kier molecular flexibility index (Phi) is 3.45. The van der Waals surface area contributed by atoms with Gasteiger partial charge in [-0.3, -0.25) is 4.79 Å². The lowest BCUT2D eigenvalue weighted by atomic mass is 9.94. The second-order valence-corrected chi connectivity index (χ2v) is 4.72. The molecule has 0 saturated heterocycles. The van der Waals surface area contributed by atoms with E-state index in [1.807, 2.05) is 0 Å².